The minimum atomic E-state index is -1.18. The highest BCUT2D eigenvalue weighted by Crippen LogP contribution is 2.33. The van der Waals surface area contributed by atoms with Crippen molar-refractivity contribution in [3.05, 3.63) is 54.4 Å². The zero-order chi connectivity index (χ0) is 21.4. The molecule has 3 aliphatic heterocycles. The third-order valence-electron chi connectivity index (χ3n) is 5.96. The number of carbonyl (C=O) groups excluding carboxylic acids is 2. The Balaban J connectivity index is 1.17. The smallest absolute Gasteiger partial charge is 0.320 e. The van der Waals surface area contributed by atoms with Gasteiger partial charge in [-0.2, -0.15) is 0 Å². The van der Waals surface area contributed by atoms with Gasteiger partial charge in [-0.15, -0.1) is 0 Å². The van der Waals surface area contributed by atoms with Crippen LogP contribution in [0.4, 0.5) is 4.79 Å². The Labute approximate surface area is 179 Å². The van der Waals surface area contributed by atoms with Crippen molar-refractivity contribution in [3.63, 3.8) is 0 Å². The Morgan fingerprint density at radius 3 is 2.71 bits per heavy atom. The number of amides is 3. The quantitative estimate of drug-likeness (QED) is 0.764. The number of carbonyl (C=O) groups is 2. The van der Waals surface area contributed by atoms with Crippen molar-refractivity contribution in [3.8, 4) is 11.5 Å². The summed E-state index contributed by atoms with van der Waals surface area (Å²) in [6.45, 7) is 1.40. The number of hydrogen-bond acceptors (Lipinski definition) is 6. The SMILES string of the molecule is O=C1CO[C@H]2CCN(C(=O)N3CC(O)(c4ccc(Oc5ccccc5)cn4)C3)C[C@H]2N1. The summed E-state index contributed by atoms with van der Waals surface area (Å²) in [5.41, 5.74) is -0.676. The molecule has 3 amide bonds. The first kappa shape index (κ1) is 19.8. The number of hydrogen-bond donors (Lipinski definition) is 2. The number of piperidine rings is 1. The van der Waals surface area contributed by atoms with Crippen molar-refractivity contribution in [1.82, 2.24) is 20.1 Å². The average Bonchev–Trinajstić information content (AvgIpc) is 2.77. The first-order valence-corrected chi connectivity index (χ1v) is 10.4. The number of rotatable bonds is 3. The van der Waals surface area contributed by atoms with Gasteiger partial charge in [0.25, 0.3) is 0 Å². The standard InChI is InChI=1S/C22H24N4O5/c27-20-12-30-18-8-9-25(11-17(18)24-20)21(28)26-13-22(29,14-26)19-7-6-16(10-23-19)31-15-4-2-1-3-5-15/h1-7,10,17-18,29H,8-9,11-14H2,(H,24,27)/t17-,18+/m1/s1. The number of likely N-dealkylation sites (tertiary alicyclic amines) is 2. The van der Waals surface area contributed by atoms with E-state index in [-0.39, 0.29) is 43.8 Å². The van der Waals surface area contributed by atoms with Crippen LogP contribution in [0.5, 0.6) is 11.5 Å². The number of nitrogens with one attached hydrogen (secondary N) is 1. The van der Waals surface area contributed by atoms with Gasteiger partial charge in [-0.05, 0) is 30.7 Å². The van der Waals surface area contributed by atoms with E-state index < -0.39 is 5.60 Å². The zero-order valence-electron chi connectivity index (χ0n) is 16.9. The van der Waals surface area contributed by atoms with E-state index in [4.69, 9.17) is 9.47 Å². The molecular weight excluding hydrogens is 400 g/mol. The summed E-state index contributed by atoms with van der Waals surface area (Å²) in [5.74, 6) is 1.13. The van der Waals surface area contributed by atoms with Gasteiger partial charge in [0.2, 0.25) is 5.91 Å². The van der Waals surface area contributed by atoms with Gasteiger partial charge in [-0.25, -0.2) is 4.79 Å². The summed E-state index contributed by atoms with van der Waals surface area (Å²) in [7, 11) is 0. The lowest BCUT2D eigenvalue weighted by molar-refractivity contribution is -0.140. The second kappa shape index (κ2) is 7.82. The summed E-state index contributed by atoms with van der Waals surface area (Å²) in [5, 5.41) is 13.8. The van der Waals surface area contributed by atoms with Crippen LogP contribution in [0.2, 0.25) is 0 Å². The van der Waals surface area contributed by atoms with E-state index in [1.807, 2.05) is 30.3 Å². The van der Waals surface area contributed by atoms with Crippen molar-refractivity contribution in [2.75, 3.05) is 32.8 Å². The number of β-amino-alcohol motifs (C(OH)–C–C–N with tert-alkyl or cyclic N) is 1. The lowest BCUT2D eigenvalue weighted by atomic mass is 9.90. The second-order valence-electron chi connectivity index (χ2n) is 8.22. The molecule has 0 bridgehead atoms. The van der Waals surface area contributed by atoms with Crippen LogP contribution in [0.1, 0.15) is 12.1 Å². The highest BCUT2D eigenvalue weighted by atomic mass is 16.5. The molecule has 2 aromatic rings. The van der Waals surface area contributed by atoms with Crippen LogP contribution >= 0.6 is 0 Å². The van der Waals surface area contributed by atoms with E-state index in [1.54, 1.807) is 28.1 Å². The number of aromatic nitrogens is 1. The molecule has 3 aliphatic rings. The van der Waals surface area contributed by atoms with Crippen molar-refractivity contribution < 1.29 is 24.2 Å². The highest BCUT2D eigenvalue weighted by Gasteiger charge is 2.48. The van der Waals surface area contributed by atoms with Crippen LogP contribution in [0, 0.1) is 0 Å². The van der Waals surface area contributed by atoms with Gasteiger partial charge in [0.05, 0.1) is 37.1 Å². The number of urea groups is 1. The zero-order valence-corrected chi connectivity index (χ0v) is 16.9. The summed E-state index contributed by atoms with van der Waals surface area (Å²) in [4.78, 5) is 32.1. The van der Waals surface area contributed by atoms with Crippen LogP contribution < -0.4 is 10.1 Å². The van der Waals surface area contributed by atoms with E-state index in [0.717, 1.165) is 0 Å². The fourth-order valence-electron chi connectivity index (χ4n) is 4.30. The van der Waals surface area contributed by atoms with Gasteiger partial charge in [0, 0.05) is 13.1 Å². The second-order valence-corrected chi connectivity index (χ2v) is 8.22. The average molecular weight is 424 g/mol. The first-order valence-electron chi connectivity index (χ1n) is 10.4. The molecule has 1 aromatic carbocycles. The van der Waals surface area contributed by atoms with Gasteiger partial charge >= 0.3 is 6.03 Å². The lowest BCUT2D eigenvalue weighted by Gasteiger charge is -2.49. The number of nitrogens with zero attached hydrogens (tertiary/aromatic N) is 3. The molecule has 2 atom stereocenters. The van der Waals surface area contributed by atoms with Crippen molar-refractivity contribution in [2.45, 2.75) is 24.2 Å². The molecule has 9 nitrogen and oxygen atoms in total. The molecule has 31 heavy (non-hydrogen) atoms. The first-order chi connectivity index (χ1) is 15.0. The minimum absolute atomic E-state index is 0.0455. The van der Waals surface area contributed by atoms with Gasteiger partial charge < -0.3 is 29.7 Å². The summed E-state index contributed by atoms with van der Waals surface area (Å²) >= 11 is 0. The molecule has 162 valence electrons. The Morgan fingerprint density at radius 2 is 1.97 bits per heavy atom. The predicted molar refractivity (Wildman–Crippen MR) is 109 cm³/mol. The lowest BCUT2D eigenvalue weighted by Crippen LogP contribution is -2.67. The third-order valence-corrected chi connectivity index (χ3v) is 5.96. The summed E-state index contributed by atoms with van der Waals surface area (Å²) in [6.07, 6.45) is 2.21. The summed E-state index contributed by atoms with van der Waals surface area (Å²) < 4.78 is 11.3. The van der Waals surface area contributed by atoms with Gasteiger partial charge in [-0.3, -0.25) is 9.78 Å². The molecule has 0 spiro atoms. The maximum absolute atomic E-state index is 12.9. The van der Waals surface area contributed by atoms with Gasteiger partial charge in [0.1, 0.15) is 23.7 Å². The van der Waals surface area contributed by atoms with E-state index >= 15 is 0 Å². The van der Waals surface area contributed by atoms with E-state index in [1.165, 1.54) is 0 Å². The number of aliphatic hydroxyl groups is 1. The van der Waals surface area contributed by atoms with E-state index in [9.17, 15) is 14.7 Å². The van der Waals surface area contributed by atoms with Crippen LogP contribution in [0.25, 0.3) is 0 Å². The van der Waals surface area contributed by atoms with Crippen LogP contribution in [-0.2, 0) is 15.1 Å². The highest BCUT2D eigenvalue weighted by molar-refractivity contribution is 5.79. The van der Waals surface area contributed by atoms with E-state index in [0.29, 0.717) is 36.7 Å². The Hall–Kier alpha value is -3.17. The normalized spacial score (nSPS) is 24.6. The molecule has 0 unspecified atom stereocenters. The van der Waals surface area contributed by atoms with Crippen molar-refractivity contribution in [2.24, 2.45) is 0 Å². The fraction of sp³-hybridized carbons (Fsp3) is 0.409. The van der Waals surface area contributed by atoms with Crippen LogP contribution in [0.3, 0.4) is 0 Å². The molecule has 4 heterocycles. The molecule has 2 N–H and O–H groups in total. The molecule has 3 fully saturated rings. The monoisotopic (exact) mass is 424 g/mol. The van der Waals surface area contributed by atoms with Gasteiger partial charge in [0.15, 0.2) is 0 Å². The molecular formula is C22H24N4O5. The molecule has 1 aromatic heterocycles. The molecule has 0 aliphatic carbocycles. The Kier molecular flexibility index (Phi) is 4.99. The minimum Gasteiger partial charge on any atom is -0.456 e. The third kappa shape index (κ3) is 3.94. The number of fused-ring (bicyclic) bond motifs is 1. The van der Waals surface area contributed by atoms with Crippen LogP contribution in [0.15, 0.2) is 48.7 Å². The number of benzene rings is 1. The van der Waals surface area contributed by atoms with Crippen LogP contribution in [-0.4, -0.2) is 76.8 Å². The van der Waals surface area contributed by atoms with E-state index in [2.05, 4.69) is 10.3 Å². The van der Waals surface area contributed by atoms with Gasteiger partial charge in [-0.1, -0.05) is 18.2 Å². The topological polar surface area (TPSA) is 104 Å². The largest absolute Gasteiger partial charge is 0.456 e. The maximum Gasteiger partial charge on any atom is 0.320 e. The summed E-state index contributed by atoms with van der Waals surface area (Å²) in [6, 6.07) is 12.5. The molecule has 0 saturated carbocycles. The number of para-hydroxylation sites is 1. The fourth-order valence-corrected chi connectivity index (χ4v) is 4.30. The maximum atomic E-state index is 12.9. The molecule has 5 rings (SSSR count). The molecule has 3 saturated heterocycles. The Bertz CT molecular complexity index is 962. The number of pyridine rings is 1. The van der Waals surface area contributed by atoms with Crippen molar-refractivity contribution in [1.29, 1.82) is 0 Å². The molecule has 9 heteroatoms. The van der Waals surface area contributed by atoms with Crippen molar-refractivity contribution >= 4 is 11.9 Å². The molecule has 0 radical (unpaired) electrons. The number of ether oxygens (including phenoxy) is 2. The number of morpholine rings is 1. The Morgan fingerprint density at radius 1 is 1.16 bits per heavy atom. The predicted octanol–water partition coefficient (Wildman–Crippen LogP) is 1.09.